The van der Waals surface area contributed by atoms with Crippen molar-refractivity contribution < 1.29 is 22.0 Å². The normalized spacial score (nSPS) is 12.0. The molecular formula is C35H39F2N5O3S. The van der Waals surface area contributed by atoms with Gasteiger partial charge in [-0.05, 0) is 53.8 Å². The summed E-state index contributed by atoms with van der Waals surface area (Å²) in [5, 5.41) is 11.2. The molecule has 0 fully saturated rings. The lowest BCUT2D eigenvalue weighted by Crippen LogP contribution is -2.43. The highest BCUT2D eigenvalue weighted by Crippen LogP contribution is 2.35. The zero-order chi connectivity index (χ0) is 33.5. The summed E-state index contributed by atoms with van der Waals surface area (Å²) in [6.07, 6.45) is 0.349. The Kier molecular flexibility index (Phi) is 10.6. The number of nitrogens with zero attached hydrogens (tertiary/aromatic N) is 2. The van der Waals surface area contributed by atoms with Gasteiger partial charge < -0.3 is 5.32 Å². The maximum absolute atomic E-state index is 15.4. The number of urea groups is 1. The zero-order valence-corrected chi connectivity index (χ0v) is 27.2. The van der Waals surface area contributed by atoms with Gasteiger partial charge >= 0.3 is 6.03 Å². The first kappa shape index (κ1) is 34.2. The molecule has 0 bridgehead atoms. The van der Waals surface area contributed by atoms with E-state index in [9.17, 15) is 13.2 Å². The summed E-state index contributed by atoms with van der Waals surface area (Å²) in [6.45, 7) is 8.47. The fourth-order valence-electron chi connectivity index (χ4n) is 4.75. The first-order valence-electron chi connectivity index (χ1n) is 14.9. The molecule has 0 aliphatic carbocycles. The summed E-state index contributed by atoms with van der Waals surface area (Å²) in [5.74, 6) is -3.48. The number of nitrogens with one attached hydrogen (secondary N) is 3. The Bertz CT molecular complexity index is 1760. The smallest absolute Gasteiger partial charge is 0.323 e. The van der Waals surface area contributed by atoms with Gasteiger partial charge in [-0.25, -0.2) is 22.0 Å². The van der Waals surface area contributed by atoms with Gasteiger partial charge in [-0.15, -0.1) is 0 Å². The topological polar surface area (TPSA) is 115 Å². The van der Waals surface area contributed by atoms with Crippen molar-refractivity contribution in [1.29, 1.82) is 5.41 Å². The van der Waals surface area contributed by atoms with Crippen molar-refractivity contribution in [2.75, 3.05) is 11.3 Å². The average Bonchev–Trinajstić information content (AvgIpc) is 3.03. The molecule has 0 spiro atoms. The number of alkyl halides is 2. The van der Waals surface area contributed by atoms with Crippen molar-refractivity contribution in [3.8, 4) is 11.3 Å². The van der Waals surface area contributed by atoms with Crippen LogP contribution in [0.25, 0.3) is 11.3 Å². The lowest BCUT2D eigenvalue weighted by atomic mass is 9.87. The van der Waals surface area contributed by atoms with E-state index >= 15 is 8.78 Å². The van der Waals surface area contributed by atoms with Crippen molar-refractivity contribution in [2.24, 2.45) is 0 Å². The van der Waals surface area contributed by atoms with E-state index in [1.807, 2.05) is 24.3 Å². The van der Waals surface area contributed by atoms with Crippen LogP contribution in [0.1, 0.15) is 57.2 Å². The van der Waals surface area contributed by atoms with Gasteiger partial charge in [0, 0.05) is 37.1 Å². The number of hydrogen-bond acceptors (Lipinski definition) is 5. The van der Waals surface area contributed by atoms with Gasteiger partial charge in [0.15, 0.2) is 0 Å². The number of halogens is 2. The Morgan fingerprint density at radius 1 is 0.913 bits per heavy atom. The number of amides is 2. The lowest BCUT2D eigenvalue weighted by Gasteiger charge is -2.24. The highest BCUT2D eigenvalue weighted by molar-refractivity contribution is 7.92. The van der Waals surface area contributed by atoms with E-state index in [1.54, 1.807) is 37.3 Å². The molecule has 0 aliphatic heterocycles. The molecule has 0 atom stereocenters. The number of rotatable bonds is 11. The third-order valence-corrected chi connectivity index (χ3v) is 8.87. The largest absolute Gasteiger partial charge is 0.334 e. The number of carbonyl (C=O) groups is 1. The number of amidine groups is 1. The second-order valence-electron chi connectivity index (χ2n) is 11.9. The first-order valence-corrected chi connectivity index (χ1v) is 16.4. The zero-order valence-electron chi connectivity index (χ0n) is 26.3. The molecule has 4 aromatic rings. The van der Waals surface area contributed by atoms with E-state index in [0.29, 0.717) is 11.3 Å². The summed E-state index contributed by atoms with van der Waals surface area (Å²) in [6, 6.07) is 24.1. The van der Waals surface area contributed by atoms with E-state index in [4.69, 9.17) is 5.41 Å². The second-order valence-corrected chi connectivity index (χ2v) is 13.6. The quantitative estimate of drug-likeness (QED) is 0.113. The van der Waals surface area contributed by atoms with Gasteiger partial charge in [0.1, 0.15) is 5.84 Å². The maximum atomic E-state index is 15.4. The van der Waals surface area contributed by atoms with E-state index in [0.717, 1.165) is 10.5 Å². The van der Waals surface area contributed by atoms with E-state index in [-0.39, 0.29) is 46.9 Å². The van der Waals surface area contributed by atoms with Crippen LogP contribution in [-0.2, 0) is 27.9 Å². The van der Waals surface area contributed by atoms with Gasteiger partial charge in [0.25, 0.3) is 15.9 Å². The van der Waals surface area contributed by atoms with Crippen LogP contribution in [-0.4, -0.2) is 36.7 Å². The molecule has 11 heteroatoms. The highest BCUT2D eigenvalue weighted by atomic mass is 32.2. The number of sulfonamides is 1. The molecule has 1 aromatic heterocycles. The molecule has 242 valence electrons. The van der Waals surface area contributed by atoms with Crippen molar-refractivity contribution in [1.82, 2.24) is 15.2 Å². The number of carbonyl (C=O) groups excluding carboxylic acids is 1. The first-order chi connectivity index (χ1) is 21.7. The van der Waals surface area contributed by atoms with Crippen LogP contribution in [0.15, 0.2) is 102 Å². The Hall–Kier alpha value is -4.64. The number of aromatic nitrogens is 1. The van der Waals surface area contributed by atoms with Crippen molar-refractivity contribution >= 4 is 27.6 Å². The molecule has 1 heterocycles. The number of hydrogen-bond donors (Lipinski definition) is 3. The molecule has 3 N–H and O–H groups in total. The predicted octanol–water partition coefficient (Wildman–Crippen LogP) is 7.93. The van der Waals surface area contributed by atoms with Gasteiger partial charge in [-0.3, -0.25) is 20.0 Å². The molecule has 0 unspecified atom stereocenters. The van der Waals surface area contributed by atoms with Crippen LogP contribution in [0.3, 0.4) is 0 Å². The van der Waals surface area contributed by atoms with Gasteiger partial charge in [0.2, 0.25) is 0 Å². The number of pyridine rings is 1. The van der Waals surface area contributed by atoms with Crippen molar-refractivity contribution in [3.63, 3.8) is 0 Å². The van der Waals surface area contributed by atoms with Crippen LogP contribution in [0, 0.1) is 5.41 Å². The van der Waals surface area contributed by atoms with Crippen molar-refractivity contribution in [3.05, 3.63) is 114 Å². The Balaban J connectivity index is 1.35. The second kappa shape index (κ2) is 14.2. The summed E-state index contributed by atoms with van der Waals surface area (Å²) in [5.41, 5.74) is 2.87. The predicted molar refractivity (Wildman–Crippen MR) is 178 cm³/mol. The fraction of sp³-hybridized carbons (Fsp3) is 0.286. The lowest BCUT2D eigenvalue weighted by molar-refractivity contribution is -0.0118. The minimum atomic E-state index is -3.80. The van der Waals surface area contributed by atoms with E-state index in [2.05, 4.69) is 35.8 Å². The summed E-state index contributed by atoms with van der Waals surface area (Å²) >= 11 is 0. The molecule has 8 nitrogen and oxygen atoms in total. The van der Waals surface area contributed by atoms with E-state index in [1.165, 1.54) is 48.2 Å². The van der Waals surface area contributed by atoms with E-state index < -0.39 is 28.4 Å². The maximum Gasteiger partial charge on any atom is 0.323 e. The molecule has 0 saturated heterocycles. The Labute approximate surface area is 269 Å². The number of benzene rings is 3. The fourth-order valence-corrected chi connectivity index (χ4v) is 5.82. The average molecular weight is 648 g/mol. The van der Waals surface area contributed by atoms with Crippen LogP contribution >= 0.6 is 0 Å². The Morgan fingerprint density at radius 2 is 1.61 bits per heavy atom. The molecule has 0 saturated carbocycles. The van der Waals surface area contributed by atoms with Crippen LogP contribution in [0.4, 0.5) is 19.3 Å². The molecule has 4 rings (SSSR count). The van der Waals surface area contributed by atoms with Crippen LogP contribution < -0.4 is 10.0 Å². The molecule has 2 amide bonds. The van der Waals surface area contributed by atoms with Gasteiger partial charge in [-0.1, -0.05) is 81.4 Å². The van der Waals surface area contributed by atoms with Crippen LogP contribution in [0.5, 0.6) is 0 Å². The molecule has 3 aromatic carbocycles. The van der Waals surface area contributed by atoms with Crippen molar-refractivity contribution in [2.45, 2.75) is 63.3 Å². The molecule has 46 heavy (non-hydrogen) atoms. The SMILES string of the molecule is CCN(C(=N)CCC(F)(F)c1cccc(-c2ccc(NS(=O)(=O)c3ccccc3)cn2)c1)C(=O)NCc1ccc(C(C)(C)C)cc1. The third-order valence-electron chi connectivity index (χ3n) is 7.48. The van der Waals surface area contributed by atoms with Crippen LogP contribution in [0.2, 0.25) is 0 Å². The third kappa shape index (κ3) is 8.75. The summed E-state index contributed by atoms with van der Waals surface area (Å²) < 4.78 is 58.4. The minimum absolute atomic E-state index is 0.00942. The molecular weight excluding hydrogens is 608 g/mol. The summed E-state index contributed by atoms with van der Waals surface area (Å²) in [4.78, 5) is 18.4. The monoisotopic (exact) mass is 647 g/mol. The minimum Gasteiger partial charge on any atom is -0.334 e. The Morgan fingerprint density at radius 3 is 2.22 bits per heavy atom. The molecule has 0 aliphatic rings. The molecule has 0 radical (unpaired) electrons. The summed E-state index contributed by atoms with van der Waals surface area (Å²) in [7, 11) is -3.80. The standard InChI is InChI=1S/C35H39F2N5O3S/c1-5-42(33(43)40-23-25-14-16-27(17-15-25)34(2,3)4)32(38)20-21-35(36,37)28-11-9-10-26(22-28)31-19-18-29(24-39-31)41-46(44,45)30-12-7-6-8-13-30/h6-19,22,24,38,41H,5,20-21,23H2,1-4H3,(H,40,43). The van der Waals surface area contributed by atoms with Gasteiger partial charge in [-0.2, -0.15) is 0 Å². The highest BCUT2D eigenvalue weighted by Gasteiger charge is 2.33. The van der Waals surface area contributed by atoms with Gasteiger partial charge in [0.05, 0.1) is 22.5 Å². The number of anilines is 1.